The molecule has 2 amide bonds. The van der Waals surface area contributed by atoms with Crippen molar-refractivity contribution in [3.63, 3.8) is 0 Å². The van der Waals surface area contributed by atoms with E-state index in [0.29, 0.717) is 5.69 Å². The van der Waals surface area contributed by atoms with Gasteiger partial charge in [0.25, 0.3) is 0 Å². The molecule has 0 radical (unpaired) electrons. The summed E-state index contributed by atoms with van der Waals surface area (Å²) in [6, 6.07) is -2.19. The quantitative estimate of drug-likeness (QED) is 0.559. The fourth-order valence-corrected chi connectivity index (χ4v) is 1.90. The second kappa shape index (κ2) is 4.57. The van der Waals surface area contributed by atoms with E-state index in [1.54, 1.807) is 0 Å². The fraction of sp³-hybridized carbons (Fsp3) is 0.400. The Bertz CT molecular complexity index is 484. The highest BCUT2D eigenvalue weighted by Gasteiger charge is 2.43. The smallest absolute Gasteiger partial charge is 0.327 e. The van der Waals surface area contributed by atoms with Gasteiger partial charge in [-0.2, -0.15) is 0 Å². The Hall–Kier alpha value is -2.22. The standard InChI is InChI=1S/C10H12N4O4/c11-6-2-8(15)14(9(6)16)7(10(17)18)1-5-3-12-4-13-5/h3-4,6-7H,1-2,11H2,(H,12,13)(H,17,18)/t6-,7-/m0/s1. The van der Waals surface area contributed by atoms with Crippen molar-refractivity contribution < 1.29 is 19.5 Å². The van der Waals surface area contributed by atoms with Gasteiger partial charge in [0.05, 0.1) is 18.8 Å². The lowest BCUT2D eigenvalue weighted by Crippen LogP contribution is -2.48. The number of nitrogens with one attached hydrogen (secondary N) is 1. The van der Waals surface area contributed by atoms with Crippen LogP contribution in [0.5, 0.6) is 0 Å². The average molecular weight is 252 g/mol. The minimum Gasteiger partial charge on any atom is -0.480 e. The van der Waals surface area contributed by atoms with Crippen molar-refractivity contribution in [1.82, 2.24) is 14.9 Å². The first-order valence-electron chi connectivity index (χ1n) is 5.32. The third-order valence-electron chi connectivity index (χ3n) is 2.78. The molecular formula is C10H12N4O4. The summed E-state index contributed by atoms with van der Waals surface area (Å²) in [5, 5.41) is 9.13. The van der Waals surface area contributed by atoms with Crippen LogP contribution in [0.3, 0.4) is 0 Å². The topological polar surface area (TPSA) is 129 Å². The maximum absolute atomic E-state index is 11.7. The van der Waals surface area contributed by atoms with Crippen molar-refractivity contribution in [3.05, 3.63) is 18.2 Å². The van der Waals surface area contributed by atoms with Gasteiger partial charge in [-0.25, -0.2) is 9.78 Å². The van der Waals surface area contributed by atoms with Crippen molar-refractivity contribution >= 4 is 17.8 Å². The molecule has 4 N–H and O–H groups in total. The monoisotopic (exact) mass is 252 g/mol. The molecule has 18 heavy (non-hydrogen) atoms. The van der Waals surface area contributed by atoms with E-state index in [1.165, 1.54) is 12.5 Å². The van der Waals surface area contributed by atoms with Crippen LogP contribution in [0.4, 0.5) is 0 Å². The fourth-order valence-electron chi connectivity index (χ4n) is 1.90. The lowest BCUT2D eigenvalue weighted by Gasteiger charge is -2.22. The predicted molar refractivity (Wildman–Crippen MR) is 58.2 cm³/mol. The number of hydrogen-bond acceptors (Lipinski definition) is 5. The number of aromatic amines is 1. The van der Waals surface area contributed by atoms with Crippen LogP contribution in [0.15, 0.2) is 12.5 Å². The number of imidazole rings is 1. The van der Waals surface area contributed by atoms with Gasteiger partial charge in [0.1, 0.15) is 6.04 Å². The van der Waals surface area contributed by atoms with Crippen LogP contribution in [-0.2, 0) is 20.8 Å². The number of nitrogens with two attached hydrogens (primary N) is 1. The molecule has 0 aromatic carbocycles. The number of hydrogen-bond donors (Lipinski definition) is 3. The molecule has 96 valence electrons. The summed E-state index contributed by atoms with van der Waals surface area (Å²) >= 11 is 0. The highest BCUT2D eigenvalue weighted by molar-refractivity contribution is 6.07. The maximum Gasteiger partial charge on any atom is 0.327 e. The molecule has 8 heteroatoms. The number of carboxylic acid groups (broad SMARTS) is 1. The van der Waals surface area contributed by atoms with Gasteiger partial charge in [0, 0.05) is 18.3 Å². The molecule has 0 aliphatic carbocycles. The summed E-state index contributed by atoms with van der Waals surface area (Å²) in [5.74, 6) is -2.45. The van der Waals surface area contributed by atoms with Gasteiger partial charge in [0.2, 0.25) is 11.8 Å². The van der Waals surface area contributed by atoms with Gasteiger partial charge in [0.15, 0.2) is 0 Å². The van der Waals surface area contributed by atoms with Gasteiger partial charge in [-0.3, -0.25) is 14.5 Å². The van der Waals surface area contributed by atoms with Gasteiger partial charge < -0.3 is 15.8 Å². The molecule has 1 saturated heterocycles. The van der Waals surface area contributed by atoms with E-state index in [1.807, 2.05) is 0 Å². The molecular weight excluding hydrogens is 240 g/mol. The molecule has 0 spiro atoms. The van der Waals surface area contributed by atoms with Crippen LogP contribution < -0.4 is 5.73 Å². The first-order chi connectivity index (χ1) is 8.50. The molecule has 2 heterocycles. The Balaban J connectivity index is 2.23. The minimum absolute atomic E-state index is 0.0144. The molecule has 1 aliphatic rings. The number of H-pyrrole nitrogens is 1. The number of aliphatic carboxylic acids is 1. The van der Waals surface area contributed by atoms with E-state index in [-0.39, 0.29) is 12.8 Å². The lowest BCUT2D eigenvalue weighted by molar-refractivity contribution is -0.154. The van der Waals surface area contributed by atoms with Crippen molar-refractivity contribution in [2.75, 3.05) is 0 Å². The number of likely N-dealkylation sites (tertiary alicyclic amines) is 1. The summed E-state index contributed by atoms with van der Waals surface area (Å²) in [5.41, 5.74) is 5.98. The number of carbonyl (C=O) groups excluding carboxylic acids is 2. The summed E-state index contributed by atoms with van der Waals surface area (Å²) in [6.45, 7) is 0. The Morgan fingerprint density at radius 1 is 1.67 bits per heavy atom. The Morgan fingerprint density at radius 2 is 2.39 bits per heavy atom. The summed E-state index contributed by atoms with van der Waals surface area (Å²) in [6.07, 6.45) is 2.68. The largest absolute Gasteiger partial charge is 0.480 e. The number of imide groups is 1. The normalized spacial score (nSPS) is 21.4. The van der Waals surface area contributed by atoms with Crippen LogP contribution in [-0.4, -0.2) is 49.8 Å². The van der Waals surface area contributed by atoms with Crippen molar-refractivity contribution in [1.29, 1.82) is 0 Å². The number of carbonyl (C=O) groups is 3. The number of carboxylic acids is 1. The highest BCUT2D eigenvalue weighted by atomic mass is 16.4. The van der Waals surface area contributed by atoms with Crippen LogP contribution >= 0.6 is 0 Å². The molecule has 1 aliphatic heterocycles. The van der Waals surface area contributed by atoms with Gasteiger partial charge in [-0.1, -0.05) is 0 Å². The molecule has 2 atom stereocenters. The zero-order valence-corrected chi connectivity index (χ0v) is 9.37. The van der Waals surface area contributed by atoms with Crippen molar-refractivity contribution in [2.24, 2.45) is 5.73 Å². The number of rotatable bonds is 4. The van der Waals surface area contributed by atoms with Crippen LogP contribution in [0.2, 0.25) is 0 Å². The van der Waals surface area contributed by atoms with Crippen molar-refractivity contribution in [3.8, 4) is 0 Å². The third kappa shape index (κ3) is 2.09. The van der Waals surface area contributed by atoms with E-state index in [4.69, 9.17) is 10.8 Å². The van der Waals surface area contributed by atoms with Crippen LogP contribution in [0.1, 0.15) is 12.1 Å². The molecule has 0 saturated carbocycles. The second-order valence-electron chi connectivity index (χ2n) is 4.05. The van der Waals surface area contributed by atoms with Gasteiger partial charge >= 0.3 is 5.97 Å². The zero-order chi connectivity index (χ0) is 13.3. The number of nitrogens with zero attached hydrogens (tertiary/aromatic N) is 2. The second-order valence-corrected chi connectivity index (χ2v) is 4.05. The van der Waals surface area contributed by atoms with Crippen molar-refractivity contribution in [2.45, 2.75) is 24.9 Å². The first kappa shape index (κ1) is 12.2. The highest BCUT2D eigenvalue weighted by Crippen LogP contribution is 2.17. The minimum atomic E-state index is -1.25. The maximum atomic E-state index is 11.7. The van der Waals surface area contributed by atoms with E-state index in [2.05, 4.69) is 9.97 Å². The SMILES string of the molecule is N[C@H]1CC(=O)N([C@@H](Cc2cnc[nH]2)C(=O)O)C1=O. The molecule has 1 fully saturated rings. The number of aromatic nitrogens is 2. The van der Waals surface area contributed by atoms with Gasteiger partial charge in [-0.15, -0.1) is 0 Å². The molecule has 8 nitrogen and oxygen atoms in total. The molecule has 2 rings (SSSR count). The zero-order valence-electron chi connectivity index (χ0n) is 9.37. The Labute approximate surface area is 102 Å². The van der Waals surface area contributed by atoms with E-state index in [9.17, 15) is 14.4 Å². The summed E-state index contributed by atoms with van der Waals surface area (Å²) in [4.78, 5) is 41.7. The van der Waals surface area contributed by atoms with E-state index >= 15 is 0 Å². The molecule has 1 aromatic heterocycles. The summed E-state index contributed by atoms with van der Waals surface area (Å²) < 4.78 is 0. The molecule has 0 bridgehead atoms. The van der Waals surface area contributed by atoms with E-state index in [0.717, 1.165) is 4.90 Å². The van der Waals surface area contributed by atoms with Crippen LogP contribution in [0.25, 0.3) is 0 Å². The lowest BCUT2D eigenvalue weighted by atomic mass is 10.1. The Kier molecular flexibility index (Phi) is 3.11. The summed E-state index contributed by atoms with van der Waals surface area (Å²) in [7, 11) is 0. The van der Waals surface area contributed by atoms with Crippen LogP contribution in [0, 0.1) is 0 Å². The third-order valence-corrected chi connectivity index (χ3v) is 2.78. The van der Waals surface area contributed by atoms with E-state index < -0.39 is 29.9 Å². The van der Waals surface area contributed by atoms with Gasteiger partial charge in [-0.05, 0) is 0 Å². The molecule has 1 aromatic rings. The number of amides is 2. The molecule has 0 unspecified atom stereocenters. The predicted octanol–water partition coefficient (Wildman–Crippen LogP) is -1.51. The average Bonchev–Trinajstić information content (AvgIpc) is 2.87. The first-order valence-corrected chi connectivity index (χ1v) is 5.32. The Morgan fingerprint density at radius 3 is 2.83 bits per heavy atom.